The molecular weight excluding hydrogens is 296 g/mol. The average Bonchev–Trinajstić information content (AvgIpc) is 2.57. The van der Waals surface area contributed by atoms with E-state index in [0.29, 0.717) is 28.5 Å². The van der Waals surface area contributed by atoms with E-state index in [9.17, 15) is 5.11 Å². The van der Waals surface area contributed by atoms with Crippen LogP contribution in [0.2, 0.25) is 0 Å². The molecule has 0 saturated heterocycles. The number of phenols is 1. The zero-order chi connectivity index (χ0) is 16.4. The van der Waals surface area contributed by atoms with Gasteiger partial charge in [0.25, 0.3) is 0 Å². The van der Waals surface area contributed by atoms with Gasteiger partial charge in [0.1, 0.15) is 17.9 Å². The molecule has 0 atom stereocenters. The van der Waals surface area contributed by atoms with Crippen molar-refractivity contribution in [2.75, 3.05) is 25.3 Å². The quantitative estimate of drug-likeness (QED) is 0.386. The number of benzene rings is 2. The Morgan fingerprint density at radius 2 is 1.78 bits per heavy atom. The van der Waals surface area contributed by atoms with Crippen LogP contribution in [-0.4, -0.2) is 29.3 Å². The van der Waals surface area contributed by atoms with Gasteiger partial charge in [0.2, 0.25) is 0 Å². The lowest BCUT2D eigenvalue weighted by Gasteiger charge is -2.12. The summed E-state index contributed by atoms with van der Waals surface area (Å²) in [6, 6.07) is 8.45. The first-order chi connectivity index (χ1) is 11.1. The Morgan fingerprint density at radius 1 is 1.04 bits per heavy atom. The highest BCUT2D eigenvalue weighted by Gasteiger charge is 2.11. The molecule has 0 bridgehead atoms. The summed E-state index contributed by atoms with van der Waals surface area (Å²) in [5, 5.41) is 13.4. The molecule has 4 N–H and O–H groups in total. The number of nitrogens with two attached hydrogens (primary N) is 1. The number of ether oxygens (including phenoxy) is 2. The standard InChI is InChI=1S/C16H16N4O3/c1-22-14-6-10-12(7-15(14)23-2)18-8-19-16(10)20-9-3-4-13(21)11(17)5-9/h3-8,21H,17H2,1-2H3,(H,18,19,20). The number of hydrogen-bond acceptors (Lipinski definition) is 7. The molecule has 0 radical (unpaired) electrons. The predicted molar refractivity (Wildman–Crippen MR) is 88.4 cm³/mol. The molecule has 7 heteroatoms. The first-order valence-corrected chi connectivity index (χ1v) is 6.84. The van der Waals surface area contributed by atoms with E-state index in [1.807, 2.05) is 0 Å². The summed E-state index contributed by atoms with van der Waals surface area (Å²) >= 11 is 0. The van der Waals surface area contributed by atoms with Crippen molar-refractivity contribution in [3.63, 3.8) is 0 Å². The van der Waals surface area contributed by atoms with Gasteiger partial charge >= 0.3 is 0 Å². The van der Waals surface area contributed by atoms with E-state index in [1.165, 1.54) is 12.4 Å². The molecule has 2 aromatic carbocycles. The molecule has 1 heterocycles. The molecule has 0 unspecified atom stereocenters. The minimum absolute atomic E-state index is 0.0366. The van der Waals surface area contributed by atoms with Crippen molar-refractivity contribution in [3.8, 4) is 17.2 Å². The van der Waals surface area contributed by atoms with Gasteiger partial charge in [-0.2, -0.15) is 0 Å². The van der Waals surface area contributed by atoms with Crippen LogP contribution in [0.25, 0.3) is 10.9 Å². The van der Waals surface area contributed by atoms with E-state index in [0.717, 1.165) is 5.39 Å². The average molecular weight is 312 g/mol. The van der Waals surface area contributed by atoms with Gasteiger partial charge < -0.3 is 25.6 Å². The van der Waals surface area contributed by atoms with Crippen molar-refractivity contribution in [1.29, 1.82) is 0 Å². The number of anilines is 3. The predicted octanol–water partition coefficient (Wildman–Crippen LogP) is 2.68. The number of phenolic OH excluding ortho intramolecular Hbond substituents is 1. The van der Waals surface area contributed by atoms with Crippen LogP contribution in [0.15, 0.2) is 36.7 Å². The highest BCUT2D eigenvalue weighted by atomic mass is 16.5. The van der Waals surface area contributed by atoms with Gasteiger partial charge in [0.05, 0.1) is 25.4 Å². The minimum atomic E-state index is 0.0366. The number of nitrogen functional groups attached to an aromatic ring is 1. The lowest BCUT2D eigenvalue weighted by atomic mass is 10.2. The molecule has 3 aromatic rings. The Kier molecular flexibility index (Phi) is 3.76. The number of aromatic hydroxyl groups is 1. The molecule has 118 valence electrons. The van der Waals surface area contributed by atoms with Crippen molar-refractivity contribution >= 4 is 28.1 Å². The number of nitrogens with zero attached hydrogens (tertiary/aromatic N) is 2. The van der Waals surface area contributed by atoms with E-state index in [-0.39, 0.29) is 11.4 Å². The highest BCUT2D eigenvalue weighted by Crippen LogP contribution is 2.34. The number of rotatable bonds is 4. The number of hydrogen-bond donors (Lipinski definition) is 3. The van der Waals surface area contributed by atoms with E-state index in [2.05, 4.69) is 15.3 Å². The molecule has 7 nitrogen and oxygen atoms in total. The molecule has 0 aliphatic heterocycles. The summed E-state index contributed by atoms with van der Waals surface area (Å²) in [7, 11) is 3.14. The van der Waals surface area contributed by atoms with Crippen LogP contribution in [0, 0.1) is 0 Å². The van der Waals surface area contributed by atoms with E-state index < -0.39 is 0 Å². The third-order valence-electron chi connectivity index (χ3n) is 3.43. The Bertz CT molecular complexity index is 867. The first-order valence-electron chi connectivity index (χ1n) is 6.84. The molecular formula is C16H16N4O3. The number of methoxy groups -OCH3 is 2. The van der Waals surface area contributed by atoms with Gasteiger partial charge in [-0.3, -0.25) is 0 Å². The number of nitrogens with one attached hydrogen (secondary N) is 1. The molecule has 0 spiro atoms. The maximum atomic E-state index is 9.50. The van der Waals surface area contributed by atoms with Crippen molar-refractivity contribution in [2.45, 2.75) is 0 Å². The van der Waals surface area contributed by atoms with E-state index >= 15 is 0 Å². The van der Waals surface area contributed by atoms with Gasteiger partial charge in [0.15, 0.2) is 11.5 Å². The fourth-order valence-corrected chi connectivity index (χ4v) is 2.25. The lowest BCUT2D eigenvalue weighted by Crippen LogP contribution is -1.98. The van der Waals surface area contributed by atoms with Crippen molar-refractivity contribution in [2.24, 2.45) is 0 Å². The van der Waals surface area contributed by atoms with Gasteiger partial charge in [-0.15, -0.1) is 0 Å². The molecule has 0 fully saturated rings. The lowest BCUT2D eigenvalue weighted by molar-refractivity contribution is 0.356. The monoisotopic (exact) mass is 312 g/mol. The molecule has 0 saturated carbocycles. The Balaban J connectivity index is 2.08. The summed E-state index contributed by atoms with van der Waals surface area (Å²) in [5.41, 5.74) is 7.41. The summed E-state index contributed by atoms with van der Waals surface area (Å²) in [6.07, 6.45) is 1.46. The Morgan fingerprint density at radius 3 is 2.48 bits per heavy atom. The summed E-state index contributed by atoms with van der Waals surface area (Å²) in [4.78, 5) is 8.51. The van der Waals surface area contributed by atoms with Crippen LogP contribution in [0.1, 0.15) is 0 Å². The highest BCUT2D eigenvalue weighted by molar-refractivity contribution is 5.93. The summed E-state index contributed by atoms with van der Waals surface area (Å²) in [5.74, 6) is 1.82. The van der Waals surface area contributed by atoms with Crippen LogP contribution in [-0.2, 0) is 0 Å². The third-order valence-corrected chi connectivity index (χ3v) is 3.43. The van der Waals surface area contributed by atoms with Gasteiger partial charge in [-0.05, 0) is 24.3 Å². The Hall–Kier alpha value is -3.22. The van der Waals surface area contributed by atoms with Crippen LogP contribution in [0.5, 0.6) is 17.2 Å². The summed E-state index contributed by atoms with van der Waals surface area (Å²) in [6.45, 7) is 0. The third kappa shape index (κ3) is 2.76. The maximum absolute atomic E-state index is 9.50. The SMILES string of the molecule is COc1cc2ncnc(Nc3ccc(O)c(N)c3)c2cc1OC. The van der Waals surface area contributed by atoms with Crippen LogP contribution >= 0.6 is 0 Å². The van der Waals surface area contributed by atoms with Crippen molar-refractivity contribution < 1.29 is 14.6 Å². The number of fused-ring (bicyclic) bond motifs is 1. The van der Waals surface area contributed by atoms with Crippen molar-refractivity contribution in [3.05, 3.63) is 36.7 Å². The molecule has 0 aliphatic rings. The molecule has 0 amide bonds. The van der Waals surface area contributed by atoms with Gasteiger partial charge in [0, 0.05) is 17.1 Å². The largest absolute Gasteiger partial charge is 0.506 e. The van der Waals surface area contributed by atoms with Crippen LogP contribution in [0.4, 0.5) is 17.2 Å². The van der Waals surface area contributed by atoms with Gasteiger partial charge in [-0.1, -0.05) is 0 Å². The zero-order valence-electron chi connectivity index (χ0n) is 12.7. The molecule has 23 heavy (non-hydrogen) atoms. The number of aromatic nitrogens is 2. The van der Waals surface area contributed by atoms with Crippen molar-refractivity contribution in [1.82, 2.24) is 9.97 Å². The second-order valence-corrected chi connectivity index (χ2v) is 4.85. The first kappa shape index (κ1) is 14.7. The summed E-state index contributed by atoms with van der Waals surface area (Å²) < 4.78 is 10.6. The second kappa shape index (κ2) is 5.88. The normalized spacial score (nSPS) is 10.5. The minimum Gasteiger partial charge on any atom is -0.506 e. The zero-order valence-corrected chi connectivity index (χ0v) is 12.7. The Labute approximate surface area is 132 Å². The van der Waals surface area contributed by atoms with Gasteiger partial charge in [-0.25, -0.2) is 9.97 Å². The molecule has 3 rings (SSSR count). The molecule has 1 aromatic heterocycles. The topological polar surface area (TPSA) is 103 Å². The van der Waals surface area contributed by atoms with Crippen LogP contribution < -0.4 is 20.5 Å². The van der Waals surface area contributed by atoms with E-state index in [1.54, 1.807) is 38.5 Å². The molecule has 0 aliphatic carbocycles. The van der Waals surface area contributed by atoms with Crippen LogP contribution in [0.3, 0.4) is 0 Å². The maximum Gasteiger partial charge on any atom is 0.162 e. The fourth-order valence-electron chi connectivity index (χ4n) is 2.25. The fraction of sp³-hybridized carbons (Fsp3) is 0.125. The smallest absolute Gasteiger partial charge is 0.162 e. The van der Waals surface area contributed by atoms with E-state index in [4.69, 9.17) is 15.2 Å². The second-order valence-electron chi connectivity index (χ2n) is 4.85.